The van der Waals surface area contributed by atoms with Crippen LogP contribution < -0.4 is 5.32 Å². The summed E-state index contributed by atoms with van der Waals surface area (Å²) in [6, 6.07) is 1.41. The number of hydrogen-bond acceptors (Lipinski definition) is 5. The number of nitrogens with one attached hydrogen (secondary N) is 1. The Hall–Kier alpha value is -2.15. The van der Waals surface area contributed by atoms with Gasteiger partial charge in [0.25, 0.3) is 5.91 Å². The number of hydrogen-bond donors (Lipinski definition) is 2. The first-order chi connectivity index (χ1) is 10.1. The van der Waals surface area contributed by atoms with Crippen LogP contribution in [0.5, 0.6) is 5.75 Å². The summed E-state index contributed by atoms with van der Waals surface area (Å²) in [5, 5.41) is 12.1. The highest BCUT2D eigenvalue weighted by Crippen LogP contribution is 2.12. The fourth-order valence-corrected chi connectivity index (χ4v) is 2.29. The van der Waals surface area contributed by atoms with Gasteiger partial charge in [-0.05, 0) is 13.0 Å². The molecule has 1 aromatic heterocycles. The molecule has 2 N–H and O–H groups in total. The molecule has 1 aromatic rings. The minimum Gasteiger partial charge on any atom is -0.506 e. The Morgan fingerprint density at radius 2 is 2.00 bits per heavy atom. The van der Waals surface area contributed by atoms with Crippen molar-refractivity contribution in [3.63, 3.8) is 0 Å². The molecule has 21 heavy (non-hydrogen) atoms. The van der Waals surface area contributed by atoms with E-state index in [-0.39, 0.29) is 17.6 Å². The number of amides is 2. The van der Waals surface area contributed by atoms with Gasteiger partial charge >= 0.3 is 0 Å². The number of pyridine rings is 1. The summed E-state index contributed by atoms with van der Waals surface area (Å²) >= 11 is 0. The van der Waals surface area contributed by atoms with Gasteiger partial charge in [-0.3, -0.25) is 19.5 Å². The molecule has 0 saturated carbocycles. The van der Waals surface area contributed by atoms with Gasteiger partial charge in [-0.25, -0.2) is 0 Å². The molecule has 7 heteroatoms. The lowest BCUT2D eigenvalue weighted by Gasteiger charge is -2.34. The number of aromatic nitrogens is 1. The van der Waals surface area contributed by atoms with E-state index in [1.165, 1.54) is 18.5 Å². The first kappa shape index (κ1) is 15.2. The van der Waals surface area contributed by atoms with E-state index < -0.39 is 0 Å². The van der Waals surface area contributed by atoms with Crippen LogP contribution in [0.25, 0.3) is 0 Å². The van der Waals surface area contributed by atoms with Crippen LogP contribution in [0.15, 0.2) is 18.5 Å². The predicted molar refractivity (Wildman–Crippen MR) is 76.9 cm³/mol. The molecule has 114 valence electrons. The van der Waals surface area contributed by atoms with Crippen molar-refractivity contribution in [2.75, 3.05) is 39.3 Å². The Morgan fingerprint density at radius 3 is 2.62 bits per heavy atom. The number of piperazine rings is 1. The minimum absolute atomic E-state index is 0.00876. The molecule has 0 bridgehead atoms. The Balaban J connectivity index is 1.86. The highest BCUT2D eigenvalue weighted by atomic mass is 16.3. The van der Waals surface area contributed by atoms with Gasteiger partial charge < -0.3 is 15.3 Å². The number of aromatic hydroxyl groups is 1. The van der Waals surface area contributed by atoms with Gasteiger partial charge in [-0.15, -0.1) is 0 Å². The van der Waals surface area contributed by atoms with Crippen LogP contribution in [-0.2, 0) is 4.79 Å². The smallest absolute Gasteiger partial charge is 0.255 e. The third-order valence-corrected chi connectivity index (χ3v) is 3.37. The molecule has 0 spiro atoms. The Morgan fingerprint density at radius 1 is 1.29 bits per heavy atom. The van der Waals surface area contributed by atoms with Crippen LogP contribution in [-0.4, -0.2) is 71.0 Å². The van der Waals surface area contributed by atoms with Crippen molar-refractivity contribution in [1.29, 1.82) is 0 Å². The summed E-state index contributed by atoms with van der Waals surface area (Å²) in [6.07, 6.45) is 2.74. The third kappa shape index (κ3) is 4.16. The zero-order chi connectivity index (χ0) is 15.2. The zero-order valence-electron chi connectivity index (χ0n) is 12.1. The molecule has 7 nitrogen and oxygen atoms in total. The molecule has 2 heterocycles. The summed E-state index contributed by atoms with van der Waals surface area (Å²) in [5.74, 6) is -0.152. The Kier molecular flexibility index (Phi) is 5.10. The molecule has 1 aliphatic rings. The van der Waals surface area contributed by atoms with E-state index in [2.05, 4.69) is 10.3 Å². The third-order valence-electron chi connectivity index (χ3n) is 3.37. The second kappa shape index (κ2) is 7.03. The standard InChI is InChI=1S/C14H20N4O3/c1-2-16-13(20)10-17-3-5-18(6-4-17)14(21)11-7-12(19)9-15-8-11/h7-9,19H,2-6,10H2,1H3,(H,16,20). The van der Waals surface area contributed by atoms with Crippen molar-refractivity contribution in [3.05, 3.63) is 24.0 Å². The van der Waals surface area contributed by atoms with E-state index in [1.54, 1.807) is 4.90 Å². The monoisotopic (exact) mass is 292 g/mol. The van der Waals surface area contributed by atoms with Crippen LogP contribution in [0, 0.1) is 0 Å². The minimum atomic E-state index is -0.143. The van der Waals surface area contributed by atoms with Crippen LogP contribution >= 0.6 is 0 Å². The number of carbonyl (C=O) groups excluding carboxylic acids is 2. The molecular weight excluding hydrogens is 272 g/mol. The van der Waals surface area contributed by atoms with E-state index in [4.69, 9.17) is 0 Å². The van der Waals surface area contributed by atoms with E-state index >= 15 is 0 Å². The lowest BCUT2D eigenvalue weighted by atomic mass is 10.2. The quantitative estimate of drug-likeness (QED) is 0.794. The van der Waals surface area contributed by atoms with Gasteiger partial charge in [0.15, 0.2) is 0 Å². The van der Waals surface area contributed by atoms with Gasteiger partial charge in [0.2, 0.25) is 5.91 Å². The van der Waals surface area contributed by atoms with Gasteiger partial charge in [-0.1, -0.05) is 0 Å². The van der Waals surface area contributed by atoms with Crippen LogP contribution in [0.1, 0.15) is 17.3 Å². The molecular formula is C14H20N4O3. The Labute approximate surface area is 123 Å². The first-order valence-electron chi connectivity index (χ1n) is 7.02. The van der Waals surface area contributed by atoms with E-state index in [9.17, 15) is 14.7 Å². The number of likely N-dealkylation sites (N-methyl/N-ethyl adjacent to an activating group) is 1. The molecule has 0 aliphatic carbocycles. The maximum absolute atomic E-state index is 12.3. The van der Waals surface area contributed by atoms with Crippen LogP contribution in [0.4, 0.5) is 0 Å². The second-order valence-corrected chi connectivity index (χ2v) is 4.95. The highest BCUT2D eigenvalue weighted by molar-refractivity contribution is 5.94. The molecule has 2 amide bonds. The van der Waals surface area contributed by atoms with Crippen molar-refractivity contribution < 1.29 is 14.7 Å². The highest BCUT2D eigenvalue weighted by Gasteiger charge is 2.23. The molecule has 2 rings (SSSR count). The fourth-order valence-electron chi connectivity index (χ4n) is 2.29. The molecule has 1 saturated heterocycles. The lowest BCUT2D eigenvalue weighted by Crippen LogP contribution is -2.51. The van der Waals surface area contributed by atoms with Crippen molar-refractivity contribution in [1.82, 2.24) is 20.1 Å². The van der Waals surface area contributed by atoms with E-state index in [0.29, 0.717) is 44.8 Å². The molecule has 0 unspecified atom stereocenters. The average molecular weight is 292 g/mol. The first-order valence-corrected chi connectivity index (χ1v) is 7.02. The SMILES string of the molecule is CCNC(=O)CN1CCN(C(=O)c2cncc(O)c2)CC1. The van der Waals surface area contributed by atoms with Gasteiger partial charge in [0.05, 0.1) is 18.3 Å². The number of nitrogens with zero attached hydrogens (tertiary/aromatic N) is 3. The van der Waals surface area contributed by atoms with Crippen molar-refractivity contribution in [2.45, 2.75) is 6.92 Å². The number of rotatable bonds is 4. The van der Waals surface area contributed by atoms with Gasteiger partial charge in [0, 0.05) is 38.9 Å². The molecule has 0 aromatic carbocycles. The van der Waals surface area contributed by atoms with Gasteiger partial charge in [0.1, 0.15) is 5.75 Å². The van der Waals surface area contributed by atoms with Crippen LogP contribution in [0.2, 0.25) is 0 Å². The topological polar surface area (TPSA) is 85.8 Å². The fraction of sp³-hybridized carbons (Fsp3) is 0.500. The molecule has 1 fully saturated rings. The maximum Gasteiger partial charge on any atom is 0.255 e. The second-order valence-electron chi connectivity index (χ2n) is 4.95. The van der Waals surface area contributed by atoms with Crippen molar-refractivity contribution in [3.8, 4) is 5.75 Å². The van der Waals surface area contributed by atoms with E-state index in [1.807, 2.05) is 11.8 Å². The summed E-state index contributed by atoms with van der Waals surface area (Å²) in [7, 11) is 0. The summed E-state index contributed by atoms with van der Waals surface area (Å²) in [5.41, 5.74) is 0.382. The van der Waals surface area contributed by atoms with Crippen LogP contribution in [0.3, 0.4) is 0 Å². The molecule has 0 radical (unpaired) electrons. The van der Waals surface area contributed by atoms with Gasteiger partial charge in [-0.2, -0.15) is 0 Å². The predicted octanol–water partition coefficient (Wildman–Crippen LogP) is -0.319. The summed E-state index contributed by atoms with van der Waals surface area (Å²) < 4.78 is 0. The normalized spacial score (nSPS) is 15.8. The van der Waals surface area contributed by atoms with Crippen molar-refractivity contribution in [2.24, 2.45) is 0 Å². The summed E-state index contributed by atoms with van der Waals surface area (Å²) in [6.45, 7) is 5.33. The Bertz CT molecular complexity index is 513. The largest absolute Gasteiger partial charge is 0.506 e. The maximum atomic E-state index is 12.3. The summed E-state index contributed by atoms with van der Waals surface area (Å²) in [4.78, 5) is 31.3. The average Bonchev–Trinajstić information content (AvgIpc) is 2.47. The van der Waals surface area contributed by atoms with E-state index in [0.717, 1.165) is 0 Å². The number of carbonyl (C=O) groups is 2. The zero-order valence-corrected chi connectivity index (χ0v) is 12.1. The van der Waals surface area contributed by atoms with Crippen molar-refractivity contribution >= 4 is 11.8 Å². The molecule has 0 atom stereocenters. The molecule has 1 aliphatic heterocycles. The lowest BCUT2D eigenvalue weighted by molar-refractivity contribution is -0.122.